The van der Waals surface area contributed by atoms with Crippen LogP contribution in [0.1, 0.15) is 24.8 Å². The summed E-state index contributed by atoms with van der Waals surface area (Å²) in [4.78, 5) is 29.0. The molecule has 1 heterocycles. The zero-order valence-corrected chi connectivity index (χ0v) is 17.9. The van der Waals surface area contributed by atoms with Crippen molar-refractivity contribution in [2.24, 2.45) is 5.92 Å². The van der Waals surface area contributed by atoms with Crippen LogP contribution in [-0.4, -0.2) is 55.3 Å². The van der Waals surface area contributed by atoms with E-state index in [4.69, 9.17) is 0 Å². The topological polar surface area (TPSA) is 64.7 Å². The summed E-state index contributed by atoms with van der Waals surface area (Å²) < 4.78 is 0. The van der Waals surface area contributed by atoms with Crippen molar-refractivity contribution in [1.82, 2.24) is 9.80 Å². The van der Waals surface area contributed by atoms with Crippen molar-refractivity contribution in [2.45, 2.75) is 25.8 Å². The zero-order valence-electron chi connectivity index (χ0n) is 17.9. The Balaban J connectivity index is 1.47. The van der Waals surface area contributed by atoms with Gasteiger partial charge in [-0.3, -0.25) is 14.5 Å². The number of rotatable bonds is 8. The number of benzene rings is 2. The van der Waals surface area contributed by atoms with E-state index in [1.807, 2.05) is 44.4 Å². The quantitative estimate of drug-likeness (QED) is 0.702. The third kappa shape index (κ3) is 6.97. The van der Waals surface area contributed by atoms with Crippen LogP contribution in [0.3, 0.4) is 0 Å². The molecule has 6 nitrogen and oxygen atoms in total. The number of nitrogens with one attached hydrogen (secondary N) is 2. The van der Waals surface area contributed by atoms with Gasteiger partial charge < -0.3 is 15.5 Å². The number of likely N-dealkylation sites (tertiary alicyclic amines) is 1. The van der Waals surface area contributed by atoms with Gasteiger partial charge in [-0.15, -0.1) is 0 Å². The van der Waals surface area contributed by atoms with Gasteiger partial charge in [0.25, 0.3) is 0 Å². The molecule has 0 aromatic heterocycles. The van der Waals surface area contributed by atoms with Gasteiger partial charge in [-0.05, 0) is 63.6 Å². The largest absolute Gasteiger partial charge is 0.324 e. The van der Waals surface area contributed by atoms with Crippen LogP contribution < -0.4 is 10.6 Å². The molecule has 1 aliphatic rings. The van der Waals surface area contributed by atoms with Crippen molar-refractivity contribution < 1.29 is 9.59 Å². The summed E-state index contributed by atoms with van der Waals surface area (Å²) in [7, 11) is 3.69. The fourth-order valence-corrected chi connectivity index (χ4v) is 3.83. The minimum Gasteiger partial charge on any atom is -0.324 e. The summed E-state index contributed by atoms with van der Waals surface area (Å²) in [6, 6.07) is 17.9. The number of nitrogens with zero attached hydrogens (tertiary/aromatic N) is 2. The highest BCUT2D eigenvalue weighted by atomic mass is 16.2. The molecule has 2 aromatic rings. The smallest absolute Gasteiger partial charge is 0.238 e. The monoisotopic (exact) mass is 408 g/mol. The number of carbonyl (C=O) groups excluding carboxylic acids is 2. The fraction of sp³-hybridized carbons (Fsp3) is 0.417. The molecule has 3 rings (SSSR count). The Labute approximate surface area is 179 Å². The van der Waals surface area contributed by atoms with E-state index in [1.54, 1.807) is 4.90 Å². The Morgan fingerprint density at radius 2 is 1.47 bits per heavy atom. The van der Waals surface area contributed by atoms with Crippen LogP contribution in [0, 0.1) is 5.92 Å². The second-order valence-corrected chi connectivity index (χ2v) is 8.29. The number of hydrogen-bond acceptors (Lipinski definition) is 4. The number of likely N-dealkylation sites (N-methyl/N-ethyl adjacent to an activating group) is 1. The van der Waals surface area contributed by atoms with Crippen LogP contribution in [-0.2, 0) is 16.1 Å². The predicted molar refractivity (Wildman–Crippen MR) is 121 cm³/mol. The van der Waals surface area contributed by atoms with Crippen LogP contribution in [0.5, 0.6) is 0 Å². The normalized spacial score (nSPS) is 15.2. The van der Waals surface area contributed by atoms with Gasteiger partial charge in [-0.2, -0.15) is 0 Å². The molecule has 0 radical (unpaired) electrons. The van der Waals surface area contributed by atoms with E-state index in [9.17, 15) is 9.59 Å². The Morgan fingerprint density at radius 1 is 0.900 bits per heavy atom. The average molecular weight is 409 g/mol. The van der Waals surface area contributed by atoms with Crippen molar-refractivity contribution in [1.29, 1.82) is 0 Å². The molecule has 2 aromatic carbocycles. The lowest BCUT2D eigenvalue weighted by atomic mass is 9.93. The molecule has 2 amide bonds. The highest BCUT2D eigenvalue weighted by molar-refractivity contribution is 6.00. The first-order valence-corrected chi connectivity index (χ1v) is 10.6. The van der Waals surface area contributed by atoms with Crippen LogP contribution in [0.4, 0.5) is 11.4 Å². The van der Waals surface area contributed by atoms with Gasteiger partial charge in [-0.1, -0.05) is 42.5 Å². The van der Waals surface area contributed by atoms with E-state index in [1.165, 1.54) is 5.56 Å². The number of carbonyl (C=O) groups is 2. The van der Waals surface area contributed by atoms with Gasteiger partial charge >= 0.3 is 0 Å². The molecule has 0 saturated carbocycles. The summed E-state index contributed by atoms with van der Waals surface area (Å²) >= 11 is 0. The second kappa shape index (κ2) is 10.9. The van der Waals surface area contributed by atoms with Crippen molar-refractivity contribution in [2.75, 3.05) is 44.4 Å². The van der Waals surface area contributed by atoms with E-state index in [2.05, 4.69) is 39.8 Å². The Bertz CT molecular complexity index is 830. The van der Waals surface area contributed by atoms with Gasteiger partial charge in [-0.25, -0.2) is 0 Å². The number of anilines is 2. The molecule has 1 fully saturated rings. The molecule has 0 aliphatic carbocycles. The van der Waals surface area contributed by atoms with Gasteiger partial charge in [0.2, 0.25) is 11.8 Å². The minimum absolute atomic E-state index is 0.00539. The standard InChI is InChI=1S/C24H32N4O2/c1-27(2)18-24(30)26-22-11-7-6-10-21(22)25-23(29)16-19-12-14-28(15-13-19)17-20-8-4-3-5-9-20/h3-11,19H,12-18H2,1-2H3,(H,25,29)(H,26,30). The van der Waals surface area contributed by atoms with E-state index in [0.717, 1.165) is 32.5 Å². The lowest BCUT2D eigenvalue weighted by Gasteiger charge is -2.31. The van der Waals surface area contributed by atoms with E-state index in [-0.39, 0.29) is 11.8 Å². The molecule has 1 saturated heterocycles. The fourth-order valence-electron chi connectivity index (χ4n) is 3.83. The van der Waals surface area contributed by atoms with Crippen molar-refractivity contribution in [3.8, 4) is 0 Å². The Kier molecular flexibility index (Phi) is 7.99. The highest BCUT2D eigenvalue weighted by Gasteiger charge is 2.22. The predicted octanol–water partition coefficient (Wildman–Crippen LogP) is 3.43. The molecule has 1 aliphatic heterocycles. The maximum Gasteiger partial charge on any atom is 0.238 e. The molecule has 2 N–H and O–H groups in total. The second-order valence-electron chi connectivity index (χ2n) is 8.29. The summed E-state index contributed by atoms with van der Waals surface area (Å²) in [5.74, 6) is 0.297. The third-order valence-corrected chi connectivity index (χ3v) is 5.37. The summed E-state index contributed by atoms with van der Waals surface area (Å²) in [5.41, 5.74) is 2.62. The molecule has 6 heteroatoms. The van der Waals surface area contributed by atoms with Crippen molar-refractivity contribution >= 4 is 23.2 Å². The summed E-state index contributed by atoms with van der Waals surface area (Å²) in [6.07, 6.45) is 2.57. The molecule has 160 valence electrons. The van der Waals surface area contributed by atoms with Crippen LogP contribution in [0.25, 0.3) is 0 Å². The summed E-state index contributed by atoms with van der Waals surface area (Å²) in [5, 5.41) is 5.86. The van der Waals surface area contributed by atoms with Gasteiger partial charge in [0.1, 0.15) is 0 Å². The SMILES string of the molecule is CN(C)CC(=O)Nc1ccccc1NC(=O)CC1CCN(Cc2ccccc2)CC1. The van der Waals surface area contributed by atoms with Gasteiger partial charge in [0.15, 0.2) is 0 Å². The molecular weight excluding hydrogens is 376 g/mol. The molecule has 0 spiro atoms. The molecular formula is C24H32N4O2. The van der Waals surface area contributed by atoms with E-state index >= 15 is 0 Å². The van der Waals surface area contributed by atoms with Gasteiger partial charge in [0.05, 0.1) is 17.9 Å². The first-order valence-electron chi connectivity index (χ1n) is 10.6. The number of piperidine rings is 1. The van der Waals surface area contributed by atoms with E-state index in [0.29, 0.717) is 30.3 Å². The van der Waals surface area contributed by atoms with Crippen LogP contribution in [0.15, 0.2) is 54.6 Å². The maximum absolute atomic E-state index is 12.6. The Morgan fingerprint density at radius 3 is 2.07 bits per heavy atom. The summed E-state index contributed by atoms with van der Waals surface area (Å²) in [6.45, 7) is 3.30. The van der Waals surface area contributed by atoms with Crippen molar-refractivity contribution in [3.63, 3.8) is 0 Å². The molecule has 0 bridgehead atoms. The van der Waals surface area contributed by atoms with Crippen molar-refractivity contribution in [3.05, 3.63) is 60.2 Å². The number of para-hydroxylation sites is 2. The van der Waals surface area contributed by atoms with E-state index < -0.39 is 0 Å². The van der Waals surface area contributed by atoms with Crippen LogP contribution in [0.2, 0.25) is 0 Å². The number of amides is 2. The number of hydrogen-bond donors (Lipinski definition) is 2. The van der Waals surface area contributed by atoms with Crippen LogP contribution >= 0.6 is 0 Å². The minimum atomic E-state index is -0.104. The molecule has 0 atom stereocenters. The first kappa shape index (κ1) is 22.0. The zero-order chi connectivity index (χ0) is 21.3. The molecule has 30 heavy (non-hydrogen) atoms. The average Bonchev–Trinajstić information content (AvgIpc) is 2.71. The lowest BCUT2D eigenvalue weighted by Crippen LogP contribution is -2.34. The molecule has 0 unspecified atom stereocenters. The maximum atomic E-state index is 12.6. The third-order valence-electron chi connectivity index (χ3n) is 5.37. The first-order chi connectivity index (χ1) is 14.5. The lowest BCUT2D eigenvalue weighted by molar-refractivity contribution is -0.118. The van der Waals surface area contributed by atoms with Gasteiger partial charge in [0, 0.05) is 13.0 Å². The Hall–Kier alpha value is -2.70. The highest BCUT2D eigenvalue weighted by Crippen LogP contribution is 2.25.